The van der Waals surface area contributed by atoms with Crippen molar-refractivity contribution in [3.05, 3.63) is 33.8 Å². The Morgan fingerprint density at radius 2 is 1.95 bits per heavy atom. The van der Waals surface area contributed by atoms with Gasteiger partial charge in [-0.25, -0.2) is 0 Å². The molecule has 2 fully saturated rings. The molecule has 0 radical (unpaired) electrons. The zero-order valence-corrected chi connectivity index (χ0v) is 13.5. The van der Waals surface area contributed by atoms with E-state index in [0.717, 1.165) is 24.9 Å². The van der Waals surface area contributed by atoms with Crippen molar-refractivity contribution in [2.75, 3.05) is 6.54 Å². The van der Waals surface area contributed by atoms with Crippen LogP contribution >= 0.6 is 23.2 Å². The molecule has 1 aromatic carbocycles. The van der Waals surface area contributed by atoms with Gasteiger partial charge in [-0.05, 0) is 43.4 Å². The van der Waals surface area contributed by atoms with Crippen LogP contribution in [0.15, 0.2) is 18.2 Å². The molecule has 0 aromatic heterocycles. The summed E-state index contributed by atoms with van der Waals surface area (Å²) in [5.41, 5.74) is 1.04. The first-order valence-electron chi connectivity index (χ1n) is 7.60. The normalized spacial score (nSPS) is 17.8. The number of hydrogen-bond donors (Lipinski definition) is 1. The average Bonchev–Trinajstić information content (AvgIpc) is 3.33. The number of rotatable bonds is 7. The minimum Gasteiger partial charge on any atom is -0.335 e. The predicted molar refractivity (Wildman–Crippen MR) is 85.7 cm³/mol. The van der Waals surface area contributed by atoms with E-state index in [-0.39, 0.29) is 5.91 Å². The molecule has 2 saturated carbocycles. The van der Waals surface area contributed by atoms with Crippen molar-refractivity contribution >= 4 is 29.1 Å². The second-order valence-corrected chi connectivity index (χ2v) is 6.79. The lowest BCUT2D eigenvalue weighted by molar-refractivity contribution is -0.132. The summed E-state index contributed by atoms with van der Waals surface area (Å²) in [5, 5.41) is 4.50. The second-order valence-electron chi connectivity index (χ2n) is 5.98. The number of nitrogens with one attached hydrogen (secondary N) is 1. The van der Waals surface area contributed by atoms with Gasteiger partial charge >= 0.3 is 0 Å². The summed E-state index contributed by atoms with van der Waals surface area (Å²) in [6, 6.07) is 6.66. The Kier molecular flexibility index (Phi) is 4.72. The molecule has 5 heteroatoms. The summed E-state index contributed by atoms with van der Waals surface area (Å²) in [7, 11) is 0. The standard InChI is InChI=1S/C16H20Cl2N2O/c17-14-6-1-11(9-15(14)18)10-20(13-4-5-13)16(21)7-8-19-12-2-3-12/h1,6,9,12-13,19H,2-5,7-8,10H2. The predicted octanol–water partition coefficient (Wildman–Crippen LogP) is 3.63. The van der Waals surface area contributed by atoms with Crippen LogP contribution in [0.5, 0.6) is 0 Å². The first-order valence-corrected chi connectivity index (χ1v) is 8.36. The van der Waals surface area contributed by atoms with Crippen LogP contribution in [0.25, 0.3) is 0 Å². The molecule has 0 atom stereocenters. The van der Waals surface area contributed by atoms with Crippen LogP contribution < -0.4 is 5.32 Å². The fourth-order valence-electron chi connectivity index (χ4n) is 2.46. The Hall–Kier alpha value is -0.770. The SMILES string of the molecule is O=C(CCNC1CC1)N(Cc1ccc(Cl)c(Cl)c1)C1CC1. The quantitative estimate of drug-likeness (QED) is 0.829. The molecule has 0 heterocycles. The molecule has 1 N–H and O–H groups in total. The molecule has 0 unspecified atom stereocenters. The van der Waals surface area contributed by atoms with Crippen molar-refractivity contribution in [1.29, 1.82) is 0 Å². The van der Waals surface area contributed by atoms with Crippen LogP contribution in [-0.2, 0) is 11.3 Å². The topological polar surface area (TPSA) is 32.3 Å². The van der Waals surface area contributed by atoms with E-state index in [2.05, 4.69) is 5.32 Å². The number of amides is 1. The molecule has 0 aliphatic heterocycles. The largest absolute Gasteiger partial charge is 0.335 e. The third-order valence-electron chi connectivity index (χ3n) is 3.99. The van der Waals surface area contributed by atoms with E-state index in [1.807, 2.05) is 17.0 Å². The van der Waals surface area contributed by atoms with Gasteiger partial charge in [0.2, 0.25) is 5.91 Å². The molecule has 0 bridgehead atoms. The lowest BCUT2D eigenvalue weighted by Gasteiger charge is -2.23. The van der Waals surface area contributed by atoms with Gasteiger partial charge in [0, 0.05) is 31.6 Å². The Morgan fingerprint density at radius 3 is 2.57 bits per heavy atom. The van der Waals surface area contributed by atoms with Gasteiger partial charge in [-0.1, -0.05) is 29.3 Å². The maximum atomic E-state index is 12.4. The van der Waals surface area contributed by atoms with Gasteiger partial charge in [0.25, 0.3) is 0 Å². The van der Waals surface area contributed by atoms with Crippen molar-refractivity contribution < 1.29 is 4.79 Å². The van der Waals surface area contributed by atoms with Crippen molar-refractivity contribution in [3.8, 4) is 0 Å². The Morgan fingerprint density at radius 1 is 1.19 bits per heavy atom. The highest BCUT2D eigenvalue weighted by molar-refractivity contribution is 6.42. The zero-order chi connectivity index (χ0) is 14.8. The van der Waals surface area contributed by atoms with E-state index in [0.29, 0.717) is 35.1 Å². The number of benzene rings is 1. The third-order valence-corrected chi connectivity index (χ3v) is 4.73. The maximum absolute atomic E-state index is 12.4. The summed E-state index contributed by atoms with van der Waals surface area (Å²) in [4.78, 5) is 14.4. The average molecular weight is 327 g/mol. The Labute approximate surface area is 135 Å². The van der Waals surface area contributed by atoms with Crippen LogP contribution in [0.3, 0.4) is 0 Å². The van der Waals surface area contributed by atoms with Gasteiger partial charge in [0.05, 0.1) is 10.0 Å². The third kappa shape index (κ3) is 4.35. The van der Waals surface area contributed by atoms with Crippen LogP contribution in [0.2, 0.25) is 10.0 Å². The molecule has 2 aliphatic rings. The first-order chi connectivity index (χ1) is 10.1. The Balaban J connectivity index is 1.57. The smallest absolute Gasteiger partial charge is 0.224 e. The zero-order valence-electron chi connectivity index (χ0n) is 11.9. The lowest BCUT2D eigenvalue weighted by Crippen LogP contribution is -2.34. The van der Waals surface area contributed by atoms with E-state index in [1.54, 1.807) is 6.07 Å². The molecular formula is C16H20Cl2N2O. The molecule has 3 nitrogen and oxygen atoms in total. The van der Waals surface area contributed by atoms with Gasteiger partial charge in [-0.3, -0.25) is 4.79 Å². The van der Waals surface area contributed by atoms with Crippen LogP contribution in [0.4, 0.5) is 0 Å². The number of hydrogen-bond acceptors (Lipinski definition) is 2. The highest BCUT2D eigenvalue weighted by Gasteiger charge is 2.32. The van der Waals surface area contributed by atoms with Crippen molar-refractivity contribution in [2.45, 2.75) is 50.7 Å². The highest BCUT2D eigenvalue weighted by atomic mass is 35.5. The number of carbonyl (C=O) groups is 1. The molecule has 0 spiro atoms. The summed E-state index contributed by atoms with van der Waals surface area (Å²) in [6.07, 6.45) is 5.31. The minimum atomic E-state index is 0.233. The highest BCUT2D eigenvalue weighted by Crippen LogP contribution is 2.30. The molecule has 1 amide bonds. The molecule has 21 heavy (non-hydrogen) atoms. The maximum Gasteiger partial charge on any atom is 0.224 e. The van der Waals surface area contributed by atoms with Gasteiger partial charge < -0.3 is 10.2 Å². The minimum absolute atomic E-state index is 0.233. The number of carbonyl (C=O) groups excluding carboxylic acids is 1. The molecule has 114 valence electrons. The molecule has 2 aliphatic carbocycles. The number of halogens is 2. The van der Waals surface area contributed by atoms with Gasteiger partial charge in [-0.2, -0.15) is 0 Å². The summed E-state index contributed by atoms with van der Waals surface area (Å²) >= 11 is 12.0. The molecule has 0 saturated heterocycles. The van der Waals surface area contributed by atoms with E-state index in [1.165, 1.54) is 12.8 Å². The lowest BCUT2D eigenvalue weighted by atomic mass is 10.2. The van der Waals surface area contributed by atoms with Gasteiger partial charge in [0.15, 0.2) is 0 Å². The molecule has 1 aromatic rings. The van der Waals surface area contributed by atoms with Crippen molar-refractivity contribution in [3.63, 3.8) is 0 Å². The van der Waals surface area contributed by atoms with Crippen LogP contribution in [-0.4, -0.2) is 29.4 Å². The second kappa shape index (κ2) is 6.55. The first kappa shape index (κ1) is 15.1. The Bertz CT molecular complexity index is 527. The summed E-state index contributed by atoms with van der Waals surface area (Å²) in [6.45, 7) is 1.41. The van der Waals surface area contributed by atoms with Crippen LogP contribution in [0.1, 0.15) is 37.7 Å². The van der Waals surface area contributed by atoms with Crippen molar-refractivity contribution in [1.82, 2.24) is 10.2 Å². The van der Waals surface area contributed by atoms with E-state index >= 15 is 0 Å². The van der Waals surface area contributed by atoms with E-state index in [4.69, 9.17) is 23.2 Å². The fraction of sp³-hybridized carbons (Fsp3) is 0.562. The van der Waals surface area contributed by atoms with Crippen molar-refractivity contribution in [2.24, 2.45) is 0 Å². The van der Waals surface area contributed by atoms with Gasteiger partial charge in [-0.15, -0.1) is 0 Å². The van der Waals surface area contributed by atoms with E-state index < -0.39 is 0 Å². The van der Waals surface area contributed by atoms with Crippen LogP contribution in [0, 0.1) is 0 Å². The fourth-order valence-corrected chi connectivity index (χ4v) is 2.78. The molecule has 3 rings (SSSR count). The summed E-state index contributed by atoms with van der Waals surface area (Å²) in [5.74, 6) is 0.233. The monoisotopic (exact) mass is 326 g/mol. The number of nitrogens with zero attached hydrogens (tertiary/aromatic N) is 1. The molecular weight excluding hydrogens is 307 g/mol. The van der Waals surface area contributed by atoms with Gasteiger partial charge in [0.1, 0.15) is 0 Å². The summed E-state index contributed by atoms with van der Waals surface area (Å²) < 4.78 is 0. The van der Waals surface area contributed by atoms with E-state index in [9.17, 15) is 4.79 Å².